The first kappa shape index (κ1) is 19.1. The molecule has 6 nitrogen and oxygen atoms in total. The summed E-state index contributed by atoms with van der Waals surface area (Å²) in [5.41, 5.74) is 0.901. The molecule has 0 bridgehead atoms. The van der Waals surface area contributed by atoms with Gasteiger partial charge in [0.1, 0.15) is 5.82 Å². The third-order valence-corrected chi connectivity index (χ3v) is 5.17. The number of amides is 2. The molecule has 2 heterocycles. The lowest BCUT2D eigenvalue weighted by Gasteiger charge is -2.37. The van der Waals surface area contributed by atoms with Crippen molar-refractivity contribution in [2.75, 3.05) is 53.1 Å². The summed E-state index contributed by atoms with van der Waals surface area (Å²) >= 11 is 0. The van der Waals surface area contributed by atoms with Crippen LogP contribution in [0.25, 0.3) is 0 Å². The molecule has 2 aliphatic heterocycles. The molecule has 1 N–H and O–H groups in total. The van der Waals surface area contributed by atoms with Gasteiger partial charge in [-0.3, -0.25) is 4.90 Å². The number of carbonyl (C=O) groups is 1. The van der Waals surface area contributed by atoms with Crippen molar-refractivity contribution in [3.8, 4) is 0 Å². The Hall–Kier alpha value is -1.70. The van der Waals surface area contributed by atoms with Crippen LogP contribution in [0.1, 0.15) is 12.0 Å². The van der Waals surface area contributed by atoms with Crippen LogP contribution < -0.4 is 5.32 Å². The number of hydrogen-bond donors (Lipinski definition) is 1. The summed E-state index contributed by atoms with van der Waals surface area (Å²) in [4.78, 5) is 16.5. The summed E-state index contributed by atoms with van der Waals surface area (Å²) < 4.78 is 24.0. The lowest BCUT2D eigenvalue weighted by atomic mass is 9.97. The standard InChI is InChI=1S/C19H28FN3O3/c1-22(13-15-2-4-17(20)5-3-15)19(24)21-12-18(16-6-9-26-14-16)23-7-10-25-11-8-23/h2-5,16,18H,6-14H2,1H3,(H,21,24). The van der Waals surface area contributed by atoms with E-state index < -0.39 is 0 Å². The highest BCUT2D eigenvalue weighted by Gasteiger charge is 2.31. The van der Waals surface area contributed by atoms with Gasteiger partial charge < -0.3 is 19.7 Å². The molecule has 2 saturated heterocycles. The molecular formula is C19H28FN3O3. The fourth-order valence-electron chi connectivity index (χ4n) is 3.62. The minimum Gasteiger partial charge on any atom is -0.381 e. The average molecular weight is 365 g/mol. The van der Waals surface area contributed by atoms with Gasteiger partial charge in [0.25, 0.3) is 0 Å². The molecule has 0 radical (unpaired) electrons. The number of hydrogen-bond acceptors (Lipinski definition) is 4. The van der Waals surface area contributed by atoms with E-state index in [0.29, 0.717) is 19.0 Å². The summed E-state index contributed by atoms with van der Waals surface area (Å²) in [6.07, 6.45) is 1.03. The van der Waals surface area contributed by atoms with Crippen LogP contribution in [0, 0.1) is 11.7 Å². The predicted octanol–water partition coefficient (Wildman–Crippen LogP) is 1.70. The molecule has 2 amide bonds. The van der Waals surface area contributed by atoms with E-state index in [-0.39, 0.29) is 17.9 Å². The Morgan fingerprint density at radius 1 is 1.27 bits per heavy atom. The van der Waals surface area contributed by atoms with Crippen LogP contribution in [0.2, 0.25) is 0 Å². The smallest absolute Gasteiger partial charge is 0.317 e. The highest BCUT2D eigenvalue weighted by atomic mass is 19.1. The normalized spacial score (nSPS) is 22.2. The lowest BCUT2D eigenvalue weighted by molar-refractivity contribution is 0.00190. The summed E-state index contributed by atoms with van der Waals surface area (Å²) in [6.45, 7) is 5.85. The molecule has 2 aliphatic rings. The number of nitrogens with one attached hydrogen (secondary N) is 1. The van der Waals surface area contributed by atoms with Gasteiger partial charge in [-0.25, -0.2) is 9.18 Å². The summed E-state index contributed by atoms with van der Waals surface area (Å²) in [5.74, 6) is 0.170. The molecule has 3 rings (SSSR count). The van der Waals surface area contributed by atoms with Gasteiger partial charge in [0.2, 0.25) is 0 Å². The largest absolute Gasteiger partial charge is 0.381 e. The molecule has 2 fully saturated rings. The molecular weight excluding hydrogens is 337 g/mol. The van der Waals surface area contributed by atoms with Crippen molar-refractivity contribution in [2.45, 2.75) is 19.0 Å². The van der Waals surface area contributed by atoms with Crippen LogP contribution in [0.3, 0.4) is 0 Å². The molecule has 0 aromatic heterocycles. The first-order valence-electron chi connectivity index (χ1n) is 9.26. The molecule has 0 saturated carbocycles. The van der Waals surface area contributed by atoms with E-state index in [2.05, 4.69) is 10.2 Å². The maximum Gasteiger partial charge on any atom is 0.317 e. The second-order valence-corrected chi connectivity index (χ2v) is 7.01. The molecule has 2 unspecified atom stereocenters. The summed E-state index contributed by atoms with van der Waals surface area (Å²) in [5, 5.41) is 3.06. The zero-order chi connectivity index (χ0) is 18.4. The Kier molecular flexibility index (Phi) is 6.82. The number of urea groups is 1. The average Bonchev–Trinajstić information content (AvgIpc) is 3.19. The second kappa shape index (κ2) is 9.30. The Morgan fingerprint density at radius 3 is 2.65 bits per heavy atom. The van der Waals surface area contributed by atoms with Gasteiger partial charge in [-0.05, 0) is 24.1 Å². The van der Waals surface area contributed by atoms with E-state index in [1.165, 1.54) is 12.1 Å². The molecule has 1 aromatic rings. The number of morpholine rings is 1. The fraction of sp³-hybridized carbons (Fsp3) is 0.632. The number of ether oxygens (including phenoxy) is 2. The molecule has 144 valence electrons. The van der Waals surface area contributed by atoms with Gasteiger partial charge >= 0.3 is 6.03 Å². The van der Waals surface area contributed by atoms with Gasteiger partial charge in [-0.2, -0.15) is 0 Å². The second-order valence-electron chi connectivity index (χ2n) is 7.01. The van der Waals surface area contributed by atoms with E-state index in [1.54, 1.807) is 24.1 Å². The zero-order valence-electron chi connectivity index (χ0n) is 15.3. The number of halogens is 1. The first-order chi connectivity index (χ1) is 12.6. The molecule has 0 spiro atoms. The maximum atomic E-state index is 13.0. The van der Waals surface area contributed by atoms with Crippen LogP contribution >= 0.6 is 0 Å². The van der Waals surface area contributed by atoms with Crippen molar-refractivity contribution in [3.63, 3.8) is 0 Å². The minimum absolute atomic E-state index is 0.119. The lowest BCUT2D eigenvalue weighted by Crippen LogP contribution is -2.53. The van der Waals surface area contributed by atoms with Gasteiger partial charge in [0.05, 0.1) is 19.8 Å². The van der Waals surface area contributed by atoms with Crippen LogP contribution in [0.15, 0.2) is 24.3 Å². The number of benzene rings is 1. The number of rotatable bonds is 6. The van der Waals surface area contributed by atoms with Crippen molar-refractivity contribution in [2.24, 2.45) is 5.92 Å². The van der Waals surface area contributed by atoms with E-state index in [1.807, 2.05) is 0 Å². The summed E-state index contributed by atoms with van der Waals surface area (Å²) in [7, 11) is 1.75. The fourth-order valence-corrected chi connectivity index (χ4v) is 3.62. The Morgan fingerprint density at radius 2 is 2.00 bits per heavy atom. The van der Waals surface area contributed by atoms with E-state index >= 15 is 0 Å². The Labute approximate surface area is 154 Å². The highest BCUT2D eigenvalue weighted by molar-refractivity contribution is 5.73. The Bertz CT molecular complexity index is 572. The zero-order valence-corrected chi connectivity index (χ0v) is 15.3. The van der Waals surface area contributed by atoms with Crippen LogP contribution in [0.5, 0.6) is 0 Å². The van der Waals surface area contributed by atoms with Gasteiger partial charge in [-0.15, -0.1) is 0 Å². The van der Waals surface area contributed by atoms with Crippen molar-refractivity contribution >= 4 is 6.03 Å². The minimum atomic E-state index is -0.270. The van der Waals surface area contributed by atoms with E-state index in [9.17, 15) is 9.18 Å². The monoisotopic (exact) mass is 365 g/mol. The number of nitrogens with zero attached hydrogens (tertiary/aromatic N) is 2. The summed E-state index contributed by atoms with van der Waals surface area (Å²) in [6, 6.07) is 6.37. The SMILES string of the molecule is CN(Cc1ccc(F)cc1)C(=O)NCC(C1CCOC1)N1CCOCC1. The van der Waals surface area contributed by atoms with Crippen molar-refractivity contribution in [1.29, 1.82) is 0 Å². The quantitative estimate of drug-likeness (QED) is 0.834. The topological polar surface area (TPSA) is 54.0 Å². The first-order valence-corrected chi connectivity index (χ1v) is 9.26. The third kappa shape index (κ3) is 5.16. The Balaban J connectivity index is 1.53. The molecule has 2 atom stereocenters. The van der Waals surface area contributed by atoms with Crippen molar-refractivity contribution in [1.82, 2.24) is 15.1 Å². The predicted molar refractivity (Wildman–Crippen MR) is 96.4 cm³/mol. The van der Waals surface area contributed by atoms with Crippen LogP contribution in [-0.2, 0) is 16.0 Å². The highest BCUT2D eigenvalue weighted by Crippen LogP contribution is 2.22. The van der Waals surface area contributed by atoms with Crippen LogP contribution in [-0.4, -0.2) is 75.0 Å². The molecule has 7 heteroatoms. The van der Waals surface area contributed by atoms with Crippen molar-refractivity contribution < 1.29 is 18.7 Å². The molecule has 0 aliphatic carbocycles. The number of carbonyl (C=O) groups excluding carboxylic acids is 1. The van der Waals surface area contributed by atoms with Crippen LogP contribution in [0.4, 0.5) is 9.18 Å². The third-order valence-electron chi connectivity index (χ3n) is 5.17. The maximum absolute atomic E-state index is 13.0. The van der Waals surface area contributed by atoms with Gasteiger partial charge in [0.15, 0.2) is 0 Å². The van der Waals surface area contributed by atoms with Gasteiger partial charge in [0, 0.05) is 51.8 Å². The van der Waals surface area contributed by atoms with Gasteiger partial charge in [-0.1, -0.05) is 12.1 Å². The van der Waals surface area contributed by atoms with E-state index in [4.69, 9.17) is 9.47 Å². The molecule has 26 heavy (non-hydrogen) atoms. The van der Waals surface area contributed by atoms with Crippen molar-refractivity contribution in [3.05, 3.63) is 35.6 Å². The molecule has 1 aromatic carbocycles. The van der Waals surface area contributed by atoms with E-state index in [0.717, 1.165) is 51.5 Å².